The molecule has 2 aromatic rings. The van der Waals surface area contributed by atoms with Gasteiger partial charge in [0.1, 0.15) is 5.69 Å². The first-order valence-electron chi connectivity index (χ1n) is 9.47. The number of aromatic nitrogens is 2. The van der Waals surface area contributed by atoms with Crippen LogP contribution in [0.5, 0.6) is 0 Å². The van der Waals surface area contributed by atoms with Crippen molar-refractivity contribution in [1.82, 2.24) is 19.6 Å². The molecule has 0 saturated carbocycles. The summed E-state index contributed by atoms with van der Waals surface area (Å²) in [6.45, 7) is 10.9. The minimum atomic E-state index is -0.122. The summed E-state index contributed by atoms with van der Waals surface area (Å²) in [5, 5.41) is 7.29. The van der Waals surface area contributed by atoms with Crippen molar-refractivity contribution in [2.75, 3.05) is 38.0 Å². The number of piperazine rings is 1. The molecule has 0 radical (unpaired) electrons. The van der Waals surface area contributed by atoms with E-state index < -0.39 is 0 Å². The number of hydrogen-bond acceptors (Lipinski definition) is 4. The molecule has 0 bridgehead atoms. The lowest BCUT2D eigenvalue weighted by atomic mass is 10.1. The number of hydrogen-bond donors (Lipinski definition) is 1. The minimum Gasteiger partial charge on any atom is -0.321 e. The molecule has 1 fully saturated rings. The summed E-state index contributed by atoms with van der Waals surface area (Å²) in [4.78, 5) is 17.4. The molecule has 1 aromatic carbocycles. The number of amides is 1. The van der Waals surface area contributed by atoms with Crippen molar-refractivity contribution in [2.45, 2.75) is 26.8 Å². The SMILES string of the molecule is CCc1cc(C(=O)Nc2ccc(CN3CCN(CC)CC3)cc2)n(C)n1. The normalized spacial score (nSPS) is 16.0. The van der Waals surface area contributed by atoms with Gasteiger partial charge in [-0.15, -0.1) is 0 Å². The molecule has 6 heteroatoms. The van der Waals surface area contributed by atoms with Crippen LogP contribution in [-0.2, 0) is 20.0 Å². The van der Waals surface area contributed by atoms with Crippen molar-refractivity contribution in [3.8, 4) is 0 Å². The van der Waals surface area contributed by atoms with Gasteiger partial charge in [-0.1, -0.05) is 26.0 Å². The molecule has 6 nitrogen and oxygen atoms in total. The molecule has 26 heavy (non-hydrogen) atoms. The highest BCUT2D eigenvalue weighted by atomic mass is 16.2. The quantitative estimate of drug-likeness (QED) is 0.864. The van der Waals surface area contributed by atoms with Gasteiger partial charge >= 0.3 is 0 Å². The number of carbonyl (C=O) groups excluding carboxylic acids is 1. The highest BCUT2D eigenvalue weighted by Crippen LogP contribution is 2.14. The summed E-state index contributed by atoms with van der Waals surface area (Å²) in [6.07, 6.45) is 0.822. The summed E-state index contributed by atoms with van der Waals surface area (Å²) in [5.74, 6) is -0.122. The van der Waals surface area contributed by atoms with Crippen LogP contribution < -0.4 is 5.32 Å². The molecule has 140 valence electrons. The highest BCUT2D eigenvalue weighted by molar-refractivity contribution is 6.03. The third-order valence-electron chi connectivity index (χ3n) is 5.06. The first kappa shape index (κ1) is 18.6. The van der Waals surface area contributed by atoms with Crippen molar-refractivity contribution in [3.63, 3.8) is 0 Å². The van der Waals surface area contributed by atoms with Gasteiger partial charge in [-0.2, -0.15) is 5.10 Å². The standard InChI is InChI=1S/C20H29N5O/c1-4-17-14-19(23(3)22-17)20(26)21-18-8-6-16(7-9-18)15-25-12-10-24(5-2)11-13-25/h6-9,14H,4-5,10-13,15H2,1-3H3,(H,21,26). The Morgan fingerprint density at radius 3 is 2.31 bits per heavy atom. The van der Waals surface area contributed by atoms with Gasteiger partial charge in [0.2, 0.25) is 0 Å². The fourth-order valence-electron chi connectivity index (χ4n) is 3.32. The molecule has 3 rings (SSSR count). The number of benzene rings is 1. The Bertz CT molecular complexity index is 729. The molecular formula is C20H29N5O. The Balaban J connectivity index is 1.56. The average molecular weight is 355 g/mol. The topological polar surface area (TPSA) is 53.4 Å². The lowest BCUT2D eigenvalue weighted by Gasteiger charge is -2.34. The third kappa shape index (κ3) is 4.51. The smallest absolute Gasteiger partial charge is 0.273 e. The van der Waals surface area contributed by atoms with E-state index in [0.29, 0.717) is 5.69 Å². The van der Waals surface area contributed by atoms with Gasteiger partial charge in [-0.3, -0.25) is 14.4 Å². The van der Waals surface area contributed by atoms with Gasteiger partial charge in [0, 0.05) is 45.5 Å². The molecule has 1 aromatic heterocycles. The number of rotatable bonds is 6. The van der Waals surface area contributed by atoms with E-state index in [1.54, 1.807) is 11.7 Å². The minimum absolute atomic E-state index is 0.122. The Hall–Kier alpha value is -2.18. The fourth-order valence-corrected chi connectivity index (χ4v) is 3.32. The summed E-state index contributed by atoms with van der Waals surface area (Å²) in [7, 11) is 1.80. The molecule has 1 aliphatic rings. The van der Waals surface area contributed by atoms with Gasteiger partial charge in [0.15, 0.2) is 0 Å². The number of aryl methyl sites for hydroxylation is 2. The Labute approximate surface area is 155 Å². The Morgan fingerprint density at radius 2 is 1.73 bits per heavy atom. The lowest BCUT2D eigenvalue weighted by Crippen LogP contribution is -2.45. The van der Waals surface area contributed by atoms with E-state index in [1.165, 1.54) is 5.56 Å². The van der Waals surface area contributed by atoms with Crippen LogP contribution in [0.3, 0.4) is 0 Å². The predicted octanol–water partition coefficient (Wildman–Crippen LogP) is 2.37. The van der Waals surface area contributed by atoms with E-state index in [-0.39, 0.29) is 5.91 Å². The largest absolute Gasteiger partial charge is 0.321 e. The van der Waals surface area contributed by atoms with Crippen LogP contribution in [0.15, 0.2) is 30.3 Å². The second kappa shape index (κ2) is 8.47. The molecule has 0 atom stereocenters. The summed E-state index contributed by atoms with van der Waals surface area (Å²) < 4.78 is 1.64. The maximum atomic E-state index is 12.4. The zero-order valence-corrected chi connectivity index (χ0v) is 16.0. The van der Waals surface area contributed by atoms with Crippen molar-refractivity contribution in [3.05, 3.63) is 47.3 Å². The fraction of sp³-hybridized carbons (Fsp3) is 0.500. The van der Waals surface area contributed by atoms with E-state index in [0.717, 1.165) is 57.1 Å². The number of anilines is 1. The van der Waals surface area contributed by atoms with Crippen LogP contribution in [-0.4, -0.2) is 58.2 Å². The molecule has 1 amide bonds. The zero-order valence-electron chi connectivity index (χ0n) is 16.0. The molecule has 0 unspecified atom stereocenters. The molecule has 0 spiro atoms. The van der Waals surface area contributed by atoms with E-state index in [1.807, 2.05) is 25.1 Å². The van der Waals surface area contributed by atoms with Crippen LogP contribution in [0.2, 0.25) is 0 Å². The van der Waals surface area contributed by atoms with E-state index >= 15 is 0 Å². The van der Waals surface area contributed by atoms with Gasteiger partial charge in [-0.25, -0.2) is 0 Å². The van der Waals surface area contributed by atoms with Crippen LogP contribution >= 0.6 is 0 Å². The Kier molecular flexibility index (Phi) is 6.06. The van der Waals surface area contributed by atoms with Crippen molar-refractivity contribution in [2.24, 2.45) is 7.05 Å². The van der Waals surface area contributed by atoms with Gasteiger partial charge < -0.3 is 10.2 Å². The van der Waals surface area contributed by atoms with E-state index in [2.05, 4.69) is 39.3 Å². The first-order valence-corrected chi connectivity index (χ1v) is 9.47. The number of nitrogens with zero attached hydrogens (tertiary/aromatic N) is 4. The van der Waals surface area contributed by atoms with Crippen molar-refractivity contribution < 1.29 is 4.79 Å². The zero-order chi connectivity index (χ0) is 18.5. The molecular weight excluding hydrogens is 326 g/mol. The molecule has 0 aliphatic carbocycles. The predicted molar refractivity (Wildman–Crippen MR) is 104 cm³/mol. The summed E-state index contributed by atoms with van der Waals surface area (Å²) in [6, 6.07) is 10.0. The van der Waals surface area contributed by atoms with Crippen LogP contribution in [0.4, 0.5) is 5.69 Å². The maximum absolute atomic E-state index is 12.4. The number of nitrogens with one attached hydrogen (secondary N) is 1. The monoisotopic (exact) mass is 355 g/mol. The summed E-state index contributed by atoms with van der Waals surface area (Å²) in [5.41, 5.74) is 3.60. The van der Waals surface area contributed by atoms with Crippen molar-refractivity contribution >= 4 is 11.6 Å². The molecule has 1 saturated heterocycles. The maximum Gasteiger partial charge on any atom is 0.273 e. The molecule has 1 aliphatic heterocycles. The van der Waals surface area contributed by atoms with Gasteiger partial charge in [-0.05, 0) is 36.7 Å². The second-order valence-corrected chi connectivity index (χ2v) is 6.86. The van der Waals surface area contributed by atoms with Crippen LogP contribution in [0.1, 0.15) is 35.6 Å². The summed E-state index contributed by atoms with van der Waals surface area (Å²) >= 11 is 0. The van der Waals surface area contributed by atoms with Crippen molar-refractivity contribution in [1.29, 1.82) is 0 Å². The van der Waals surface area contributed by atoms with Crippen LogP contribution in [0, 0.1) is 0 Å². The van der Waals surface area contributed by atoms with Gasteiger partial charge in [0.25, 0.3) is 5.91 Å². The number of likely N-dealkylation sites (N-methyl/N-ethyl adjacent to an activating group) is 1. The Morgan fingerprint density at radius 1 is 1.08 bits per heavy atom. The number of carbonyl (C=O) groups is 1. The average Bonchev–Trinajstić information content (AvgIpc) is 3.05. The van der Waals surface area contributed by atoms with E-state index in [4.69, 9.17) is 0 Å². The second-order valence-electron chi connectivity index (χ2n) is 6.86. The molecule has 1 N–H and O–H groups in total. The lowest BCUT2D eigenvalue weighted by molar-refractivity contribution is 0.101. The van der Waals surface area contributed by atoms with E-state index in [9.17, 15) is 4.79 Å². The van der Waals surface area contributed by atoms with Gasteiger partial charge in [0.05, 0.1) is 5.69 Å². The van der Waals surface area contributed by atoms with Crippen LogP contribution in [0.25, 0.3) is 0 Å². The third-order valence-corrected chi connectivity index (χ3v) is 5.06. The first-order chi connectivity index (χ1) is 12.6. The highest BCUT2D eigenvalue weighted by Gasteiger charge is 2.16. The molecule has 2 heterocycles.